The Labute approximate surface area is 195 Å². The molecule has 0 bridgehead atoms. The van der Waals surface area contributed by atoms with Gasteiger partial charge in [0.15, 0.2) is 0 Å². The van der Waals surface area contributed by atoms with E-state index in [2.05, 4.69) is 15.5 Å². The zero-order chi connectivity index (χ0) is 23.8. The van der Waals surface area contributed by atoms with Crippen LogP contribution in [0, 0.1) is 10.1 Å². The van der Waals surface area contributed by atoms with Crippen LogP contribution in [0.4, 0.5) is 5.69 Å². The van der Waals surface area contributed by atoms with Crippen molar-refractivity contribution in [3.05, 3.63) is 112 Å². The molecule has 0 unspecified atom stereocenters. The summed E-state index contributed by atoms with van der Waals surface area (Å²) in [5.41, 5.74) is 2.49. The quantitative estimate of drug-likeness (QED) is 0.278. The largest absolute Gasteiger partial charge is 0.367 e. The first-order valence-corrected chi connectivity index (χ1v) is 10.6. The van der Waals surface area contributed by atoms with Crippen molar-refractivity contribution < 1.29 is 19.0 Å². The smallest absolute Gasteiger partial charge is 0.269 e. The van der Waals surface area contributed by atoms with Crippen molar-refractivity contribution in [1.29, 1.82) is 0 Å². The van der Waals surface area contributed by atoms with E-state index in [1.54, 1.807) is 12.1 Å². The Morgan fingerprint density at radius 2 is 1.62 bits per heavy atom. The summed E-state index contributed by atoms with van der Waals surface area (Å²) in [5.74, 6) is 0.193. The van der Waals surface area contributed by atoms with Crippen LogP contribution >= 0.6 is 0 Å². The van der Waals surface area contributed by atoms with E-state index in [1.165, 1.54) is 12.1 Å². The molecular formula is C25H22N4O5. The van der Waals surface area contributed by atoms with Gasteiger partial charge in [-0.05, 0) is 23.3 Å². The maximum atomic E-state index is 12.6. The molecule has 0 saturated heterocycles. The molecule has 1 amide bonds. The summed E-state index contributed by atoms with van der Waals surface area (Å²) >= 11 is 0. The number of benzene rings is 3. The van der Waals surface area contributed by atoms with Gasteiger partial charge in [-0.1, -0.05) is 65.8 Å². The topological polar surface area (TPSA) is 120 Å². The first-order chi connectivity index (χ1) is 16.6. The molecule has 4 rings (SSSR count). The molecule has 1 heterocycles. The van der Waals surface area contributed by atoms with Gasteiger partial charge in [0.2, 0.25) is 17.6 Å². The number of carbonyl (C=O) groups is 1. The summed E-state index contributed by atoms with van der Waals surface area (Å²) in [6.45, 7) is 0.200. The van der Waals surface area contributed by atoms with Crippen LogP contribution in [-0.2, 0) is 22.6 Å². The van der Waals surface area contributed by atoms with Gasteiger partial charge in [-0.2, -0.15) is 4.98 Å². The third-order valence-electron chi connectivity index (χ3n) is 5.04. The van der Waals surface area contributed by atoms with Gasteiger partial charge in [-0.15, -0.1) is 0 Å². The molecule has 9 nitrogen and oxygen atoms in total. The van der Waals surface area contributed by atoms with Crippen molar-refractivity contribution in [3.8, 4) is 11.4 Å². The molecule has 0 aliphatic carbocycles. The summed E-state index contributed by atoms with van der Waals surface area (Å²) < 4.78 is 11.0. The third-order valence-corrected chi connectivity index (χ3v) is 5.04. The molecule has 172 valence electrons. The van der Waals surface area contributed by atoms with Crippen molar-refractivity contribution in [2.45, 2.75) is 19.1 Å². The van der Waals surface area contributed by atoms with E-state index >= 15 is 0 Å². The number of non-ortho nitro benzene ring substituents is 1. The van der Waals surface area contributed by atoms with Gasteiger partial charge in [-0.3, -0.25) is 14.9 Å². The number of rotatable bonds is 10. The minimum Gasteiger partial charge on any atom is -0.367 e. The van der Waals surface area contributed by atoms with Gasteiger partial charge in [0.05, 0.1) is 11.5 Å². The first-order valence-electron chi connectivity index (χ1n) is 10.6. The van der Waals surface area contributed by atoms with Gasteiger partial charge < -0.3 is 14.6 Å². The zero-order valence-electron chi connectivity index (χ0n) is 18.2. The highest BCUT2D eigenvalue weighted by atomic mass is 16.6. The van der Waals surface area contributed by atoms with Crippen molar-refractivity contribution in [3.63, 3.8) is 0 Å². The van der Waals surface area contributed by atoms with E-state index in [0.717, 1.165) is 11.1 Å². The lowest BCUT2D eigenvalue weighted by Gasteiger charge is -2.15. The number of nitrogens with one attached hydrogen (secondary N) is 1. The fourth-order valence-corrected chi connectivity index (χ4v) is 3.35. The molecule has 1 aromatic heterocycles. The van der Waals surface area contributed by atoms with E-state index in [4.69, 9.17) is 9.26 Å². The van der Waals surface area contributed by atoms with Crippen LogP contribution in [0.1, 0.15) is 23.1 Å². The third kappa shape index (κ3) is 6.11. The van der Waals surface area contributed by atoms with Gasteiger partial charge in [0, 0.05) is 24.1 Å². The molecule has 0 spiro atoms. The zero-order valence-corrected chi connectivity index (χ0v) is 18.2. The Morgan fingerprint density at radius 3 is 2.26 bits per heavy atom. The summed E-state index contributed by atoms with van der Waals surface area (Å²) in [5, 5.41) is 17.8. The van der Waals surface area contributed by atoms with Crippen molar-refractivity contribution in [2.75, 3.05) is 6.61 Å². The fourth-order valence-electron chi connectivity index (χ4n) is 3.35. The number of aromatic nitrogens is 2. The Bertz CT molecular complexity index is 1230. The Morgan fingerprint density at radius 1 is 0.971 bits per heavy atom. The Kier molecular flexibility index (Phi) is 7.36. The molecule has 0 aliphatic heterocycles. The number of hydrogen-bond donors (Lipinski definition) is 1. The molecule has 1 atom stereocenters. The lowest BCUT2D eigenvalue weighted by molar-refractivity contribution is -0.384. The number of hydrogen-bond acceptors (Lipinski definition) is 7. The molecular weight excluding hydrogens is 436 g/mol. The predicted octanol–water partition coefficient (Wildman–Crippen LogP) is 4.26. The average Bonchev–Trinajstić information content (AvgIpc) is 3.35. The van der Waals surface area contributed by atoms with Crippen LogP contribution < -0.4 is 5.32 Å². The lowest BCUT2D eigenvalue weighted by Crippen LogP contribution is -2.33. The highest BCUT2D eigenvalue weighted by Crippen LogP contribution is 2.23. The SMILES string of the molecule is O=C(COCc1ccccc1)N[C@H](Cc1ccccc1)c1nc(-c2ccc([N+](=O)[O-])cc2)no1. The van der Waals surface area contributed by atoms with Crippen LogP contribution in [-0.4, -0.2) is 27.6 Å². The standard InChI is InChI=1S/C25H22N4O5/c30-23(17-33-16-19-9-5-2-6-10-19)26-22(15-18-7-3-1-4-8-18)25-27-24(28-34-25)20-11-13-21(14-12-20)29(31)32/h1-14,22H,15-17H2,(H,26,30)/t22-/m1/s1. The molecule has 9 heteroatoms. The highest BCUT2D eigenvalue weighted by molar-refractivity contribution is 5.77. The molecule has 4 aromatic rings. The highest BCUT2D eigenvalue weighted by Gasteiger charge is 2.22. The first kappa shape index (κ1) is 22.8. The maximum absolute atomic E-state index is 12.6. The Hall–Kier alpha value is -4.37. The van der Waals surface area contributed by atoms with Crippen molar-refractivity contribution >= 4 is 11.6 Å². The second-order valence-corrected chi connectivity index (χ2v) is 7.55. The molecule has 1 N–H and O–H groups in total. The van der Waals surface area contributed by atoms with E-state index < -0.39 is 11.0 Å². The summed E-state index contributed by atoms with van der Waals surface area (Å²) in [6, 6.07) is 24.5. The maximum Gasteiger partial charge on any atom is 0.269 e. The number of nitro benzene ring substituents is 1. The van der Waals surface area contributed by atoms with Gasteiger partial charge in [0.1, 0.15) is 12.6 Å². The van der Waals surface area contributed by atoms with E-state index in [1.807, 2.05) is 60.7 Å². The predicted molar refractivity (Wildman–Crippen MR) is 124 cm³/mol. The van der Waals surface area contributed by atoms with Gasteiger partial charge in [0.25, 0.3) is 5.69 Å². The van der Waals surface area contributed by atoms with E-state index in [-0.39, 0.29) is 29.9 Å². The monoisotopic (exact) mass is 458 g/mol. The van der Waals surface area contributed by atoms with Crippen molar-refractivity contribution in [2.24, 2.45) is 0 Å². The summed E-state index contributed by atoms with van der Waals surface area (Å²) in [6.07, 6.45) is 0.438. The summed E-state index contributed by atoms with van der Waals surface area (Å²) in [7, 11) is 0. The number of nitrogens with zero attached hydrogens (tertiary/aromatic N) is 3. The number of ether oxygens (including phenoxy) is 1. The lowest BCUT2D eigenvalue weighted by atomic mass is 10.1. The minimum absolute atomic E-state index is 0.0304. The van der Waals surface area contributed by atoms with Gasteiger partial charge >= 0.3 is 0 Å². The molecule has 0 saturated carbocycles. The summed E-state index contributed by atoms with van der Waals surface area (Å²) in [4.78, 5) is 27.4. The molecule has 0 aliphatic rings. The van der Waals surface area contributed by atoms with Crippen LogP contribution in [0.3, 0.4) is 0 Å². The minimum atomic E-state index is -0.575. The number of carbonyl (C=O) groups excluding carboxylic acids is 1. The van der Waals surface area contributed by atoms with Gasteiger partial charge in [-0.25, -0.2) is 0 Å². The normalized spacial score (nSPS) is 11.6. The molecule has 0 fully saturated rings. The average molecular weight is 458 g/mol. The fraction of sp³-hybridized carbons (Fsp3) is 0.160. The number of nitro groups is 1. The number of amides is 1. The van der Waals surface area contributed by atoms with Crippen LogP contribution in [0.15, 0.2) is 89.5 Å². The van der Waals surface area contributed by atoms with E-state index in [0.29, 0.717) is 18.6 Å². The second-order valence-electron chi connectivity index (χ2n) is 7.55. The van der Waals surface area contributed by atoms with Crippen LogP contribution in [0.5, 0.6) is 0 Å². The van der Waals surface area contributed by atoms with Crippen molar-refractivity contribution in [1.82, 2.24) is 15.5 Å². The molecule has 0 radical (unpaired) electrons. The Balaban J connectivity index is 1.46. The van der Waals surface area contributed by atoms with E-state index in [9.17, 15) is 14.9 Å². The second kappa shape index (κ2) is 11.0. The van der Waals surface area contributed by atoms with Crippen LogP contribution in [0.2, 0.25) is 0 Å². The molecule has 34 heavy (non-hydrogen) atoms. The van der Waals surface area contributed by atoms with Crippen LogP contribution in [0.25, 0.3) is 11.4 Å². The molecule has 3 aromatic carbocycles.